The van der Waals surface area contributed by atoms with Gasteiger partial charge in [-0.1, -0.05) is 18.2 Å². The van der Waals surface area contributed by atoms with E-state index in [1.807, 2.05) is 31.2 Å². The first-order chi connectivity index (χ1) is 9.70. The largest absolute Gasteiger partial charge is 0.485 e. The number of aryl methyl sites for hydroxylation is 1. The summed E-state index contributed by atoms with van der Waals surface area (Å²) in [5, 5.41) is 11.2. The van der Waals surface area contributed by atoms with Crippen molar-refractivity contribution in [1.82, 2.24) is 5.32 Å². The summed E-state index contributed by atoms with van der Waals surface area (Å²) in [5.41, 5.74) is 1.04. The van der Waals surface area contributed by atoms with Crippen LogP contribution in [-0.2, 0) is 6.61 Å². The van der Waals surface area contributed by atoms with Crippen LogP contribution in [0.25, 0.3) is 0 Å². The molecule has 2 rings (SSSR count). The minimum absolute atomic E-state index is 0.101. The summed E-state index contributed by atoms with van der Waals surface area (Å²) in [6, 6.07) is 11.0. The number of hydrogen-bond acceptors (Lipinski definition) is 4. The van der Waals surface area contributed by atoms with Crippen LogP contribution in [0.5, 0.6) is 5.75 Å². The summed E-state index contributed by atoms with van der Waals surface area (Å²) in [6.45, 7) is 2.33. The van der Waals surface area contributed by atoms with E-state index in [2.05, 4.69) is 5.32 Å². The van der Waals surface area contributed by atoms with Crippen LogP contribution in [0.15, 0.2) is 40.8 Å². The van der Waals surface area contributed by atoms with E-state index < -0.39 is 0 Å². The number of furan rings is 1. The molecule has 106 valence electrons. The van der Waals surface area contributed by atoms with Crippen molar-refractivity contribution in [2.45, 2.75) is 13.5 Å². The van der Waals surface area contributed by atoms with E-state index in [1.54, 1.807) is 12.1 Å². The highest BCUT2D eigenvalue weighted by molar-refractivity contribution is 5.91. The van der Waals surface area contributed by atoms with Gasteiger partial charge in [0.2, 0.25) is 0 Å². The Hall–Kier alpha value is -2.27. The van der Waals surface area contributed by atoms with E-state index in [9.17, 15) is 4.79 Å². The lowest BCUT2D eigenvalue weighted by Crippen LogP contribution is -2.25. The molecule has 0 saturated carbocycles. The van der Waals surface area contributed by atoms with Crippen molar-refractivity contribution in [1.29, 1.82) is 0 Å². The molecule has 0 spiro atoms. The van der Waals surface area contributed by atoms with Gasteiger partial charge in [-0.3, -0.25) is 4.79 Å². The summed E-state index contributed by atoms with van der Waals surface area (Å²) in [6.07, 6.45) is 0. The number of carbonyl (C=O) groups excluding carboxylic acids is 1. The molecule has 5 nitrogen and oxygen atoms in total. The first-order valence-electron chi connectivity index (χ1n) is 6.37. The van der Waals surface area contributed by atoms with Crippen LogP contribution in [0, 0.1) is 6.92 Å². The maximum atomic E-state index is 11.6. The Morgan fingerprint density at radius 3 is 2.85 bits per heavy atom. The van der Waals surface area contributed by atoms with Crippen molar-refractivity contribution >= 4 is 5.91 Å². The Morgan fingerprint density at radius 2 is 2.10 bits per heavy atom. The van der Waals surface area contributed by atoms with E-state index in [-0.39, 0.29) is 31.4 Å². The van der Waals surface area contributed by atoms with Crippen LogP contribution in [0.2, 0.25) is 0 Å². The third-order valence-corrected chi connectivity index (χ3v) is 2.75. The van der Waals surface area contributed by atoms with Gasteiger partial charge in [0, 0.05) is 6.54 Å². The standard InChI is InChI=1S/C15H17NO4/c1-11-4-2-3-5-13(11)19-10-12-6-7-14(20-12)15(18)16-8-9-17/h2-7,17H,8-10H2,1H3,(H,16,18). The fourth-order valence-corrected chi connectivity index (χ4v) is 1.70. The number of rotatable bonds is 6. The summed E-state index contributed by atoms with van der Waals surface area (Å²) in [7, 11) is 0. The maximum Gasteiger partial charge on any atom is 0.287 e. The number of benzene rings is 1. The van der Waals surface area contributed by atoms with Gasteiger partial charge >= 0.3 is 0 Å². The Morgan fingerprint density at radius 1 is 1.30 bits per heavy atom. The minimum atomic E-state index is -0.346. The van der Waals surface area contributed by atoms with Gasteiger partial charge in [-0.15, -0.1) is 0 Å². The highest BCUT2D eigenvalue weighted by atomic mass is 16.5. The average Bonchev–Trinajstić information content (AvgIpc) is 2.93. The van der Waals surface area contributed by atoms with E-state index in [4.69, 9.17) is 14.3 Å². The van der Waals surface area contributed by atoms with Gasteiger partial charge < -0.3 is 19.6 Å². The van der Waals surface area contributed by atoms with Crippen LogP contribution >= 0.6 is 0 Å². The summed E-state index contributed by atoms with van der Waals surface area (Å²) in [5.74, 6) is 1.22. The minimum Gasteiger partial charge on any atom is -0.485 e. The predicted octanol–water partition coefficient (Wildman–Crippen LogP) is 1.89. The molecule has 2 aromatic rings. The molecule has 0 bridgehead atoms. The molecule has 0 radical (unpaired) electrons. The van der Waals surface area contributed by atoms with Crippen molar-refractivity contribution in [3.63, 3.8) is 0 Å². The number of aliphatic hydroxyl groups is 1. The van der Waals surface area contributed by atoms with Crippen LogP contribution in [0.3, 0.4) is 0 Å². The number of amides is 1. The van der Waals surface area contributed by atoms with E-state index in [0.29, 0.717) is 5.76 Å². The zero-order chi connectivity index (χ0) is 14.4. The number of ether oxygens (including phenoxy) is 1. The first-order valence-corrected chi connectivity index (χ1v) is 6.37. The number of nitrogens with one attached hydrogen (secondary N) is 1. The molecule has 1 aromatic carbocycles. The smallest absolute Gasteiger partial charge is 0.287 e. The highest BCUT2D eigenvalue weighted by Gasteiger charge is 2.11. The van der Waals surface area contributed by atoms with Crippen LogP contribution < -0.4 is 10.1 Å². The van der Waals surface area contributed by atoms with E-state index in [1.165, 1.54) is 0 Å². The van der Waals surface area contributed by atoms with Gasteiger partial charge in [-0.25, -0.2) is 0 Å². The second-order valence-electron chi connectivity index (χ2n) is 4.30. The van der Waals surface area contributed by atoms with E-state index >= 15 is 0 Å². The molecular formula is C15H17NO4. The normalized spacial score (nSPS) is 10.3. The second-order valence-corrected chi connectivity index (χ2v) is 4.30. The fraction of sp³-hybridized carbons (Fsp3) is 0.267. The molecule has 0 saturated heterocycles. The zero-order valence-electron chi connectivity index (χ0n) is 11.3. The number of para-hydroxylation sites is 1. The van der Waals surface area contributed by atoms with Crippen molar-refractivity contribution in [2.24, 2.45) is 0 Å². The monoisotopic (exact) mass is 275 g/mol. The molecule has 20 heavy (non-hydrogen) atoms. The van der Waals surface area contributed by atoms with Gasteiger partial charge in [-0.05, 0) is 30.7 Å². The lowest BCUT2D eigenvalue weighted by Gasteiger charge is -2.06. The topological polar surface area (TPSA) is 71.7 Å². The Balaban J connectivity index is 1.93. The molecular weight excluding hydrogens is 258 g/mol. The molecule has 0 fully saturated rings. The molecule has 1 aromatic heterocycles. The lowest BCUT2D eigenvalue weighted by atomic mass is 10.2. The van der Waals surface area contributed by atoms with Crippen molar-refractivity contribution in [3.8, 4) is 5.75 Å². The van der Waals surface area contributed by atoms with Gasteiger partial charge in [0.25, 0.3) is 5.91 Å². The number of aliphatic hydroxyl groups excluding tert-OH is 1. The summed E-state index contributed by atoms with van der Waals surface area (Å²) >= 11 is 0. The third-order valence-electron chi connectivity index (χ3n) is 2.75. The second kappa shape index (κ2) is 6.77. The molecule has 0 unspecified atom stereocenters. The highest BCUT2D eigenvalue weighted by Crippen LogP contribution is 2.18. The quantitative estimate of drug-likeness (QED) is 0.844. The van der Waals surface area contributed by atoms with Crippen LogP contribution in [0.1, 0.15) is 21.9 Å². The molecule has 1 heterocycles. The van der Waals surface area contributed by atoms with Gasteiger partial charge in [0.15, 0.2) is 5.76 Å². The number of carbonyl (C=O) groups is 1. The molecule has 0 atom stereocenters. The Kier molecular flexibility index (Phi) is 4.79. The summed E-state index contributed by atoms with van der Waals surface area (Å²) < 4.78 is 11.0. The van der Waals surface area contributed by atoms with Crippen molar-refractivity contribution < 1.29 is 19.1 Å². The number of hydrogen-bond donors (Lipinski definition) is 2. The Bertz CT molecular complexity index is 577. The lowest BCUT2D eigenvalue weighted by molar-refractivity contribution is 0.0913. The molecule has 2 N–H and O–H groups in total. The van der Waals surface area contributed by atoms with Gasteiger partial charge in [-0.2, -0.15) is 0 Å². The predicted molar refractivity (Wildman–Crippen MR) is 73.6 cm³/mol. The maximum absolute atomic E-state index is 11.6. The van der Waals surface area contributed by atoms with Crippen molar-refractivity contribution in [3.05, 3.63) is 53.5 Å². The zero-order valence-corrected chi connectivity index (χ0v) is 11.3. The molecule has 1 amide bonds. The van der Waals surface area contributed by atoms with Crippen LogP contribution in [-0.4, -0.2) is 24.2 Å². The molecule has 0 aliphatic rings. The fourth-order valence-electron chi connectivity index (χ4n) is 1.70. The third kappa shape index (κ3) is 3.61. The molecule has 0 aliphatic heterocycles. The van der Waals surface area contributed by atoms with Gasteiger partial charge in [0.1, 0.15) is 18.1 Å². The summed E-state index contributed by atoms with van der Waals surface area (Å²) in [4.78, 5) is 11.6. The molecule has 5 heteroatoms. The SMILES string of the molecule is Cc1ccccc1OCc1ccc(C(=O)NCCO)o1. The average molecular weight is 275 g/mol. The first kappa shape index (κ1) is 14.1. The van der Waals surface area contributed by atoms with Gasteiger partial charge in [0.05, 0.1) is 6.61 Å². The van der Waals surface area contributed by atoms with E-state index in [0.717, 1.165) is 11.3 Å². The van der Waals surface area contributed by atoms with Crippen LogP contribution in [0.4, 0.5) is 0 Å². The molecule has 0 aliphatic carbocycles. The van der Waals surface area contributed by atoms with Crippen molar-refractivity contribution in [2.75, 3.05) is 13.2 Å². The Labute approximate surface area is 117 Å².